The third kappa shape index (κ3) is 2.97. The van der Waals surface area contributed by atoms with Crippen LogP contribution in [0.3, 0.4) is 0 Å². The molecule has 4 nitrogen and oxygen atoms in total. The van der Waals surface area contributed by atoms with E-state index in [0.717, 1.165) is 17.0 Å². The van der Waals surface area contributed by atoms with E-state index in [1.807, 2.05) is 44.2 Å². The van der Waals surface area contributed by atoms with Gasteiger partial charge in [0, 0.05) is 24.6 Å². The third-order valence-electron chi connectivity index (χ3n) is 2.73. The van der Waals surface area contributed by atoms with Crippen LogP contribution in [0.2, 0.25) is 0 Å². The van der Waals surface area contributed by atoms with Gasteiger partial charge in [-0.3, -0.25) is 4.79 Å². The van der Waals surface area contributed by atoms with Gasteiger partial charge in [0.1, 0.15) is 5.76 Å². The summed E-state index contributed by atoms with van der Waals surface area (Å²) < 4.78 is 4.96. The second-order valence-electron chi connectivity index (χ2n) is 4.25. The Morgan fingerprint density at radius 1 is 1.33 bits per heavy atom. The lowest BCUT2D eigenvalue weighted by molar-refractivity contribution is 0.0953. The third-order valence-corrected chi connectivity index (χ3v) is 2.73. The van der Waals surface area contributed by atoms with E-state index < -0.39 is 0 Å². The molecule has 0 fully saturated rings. The number of benzene rings is 1. The van der Waals surface area contributed by atoms with E-state index in [0.29, 0.717) is 18.5 Å². The molecule has 1 aromatic carbocycles. The minimum atomic E-state index is -0.0479. The first-order valence-corrected chi connectivity index (χ1v) is 5.93. The van der Waals surface area contributed by atoms with E-state index in [-0.39, 0.29) is 5.91 Å². The van der Waals surface area contributed by atoms with Crippen LogP contribution in [0.5, 0.6) is 0 Å². The summed E-state index contributed by atoms with van der Waals surface area (Å²) in [7, 11) is 0. The summed E-state index contributed by atoms with van der Waals surface area (Å²) in [5.74, 6) is 0.739. The van der Waals surface area contributed by atoms with Gasteiger partial charge in [-0.05, 0) is 25.5 Å². The average Bonchev–Trinajstić information content (AvgIpc) is 2.75. The SMILES string of the molecule is Cc1cc(CCNC(=O)c2ccccc2C)no1. The zero-order valence-corrected chi connectivity index (χ0v) is 10.6. The smallest absolute Gasteiger partial charge is 0.251 e. The Morgan fingerprint density at radius 2 is 2.11 bits per heavy atom. The number of carbonyl (C=O) groups excluding carboxylic acids is 1. The van der Waals surface area contributed by atoms with Crippen molar-refractivity contribution in [2.75, 3.05) is 6.54 Å². The Labute approximate surface area is 106 Å². The molecular formula is C14H16N2O2. The minimum Gasteiger partial charge on any atom is -0.361 e. The number of nitrogens with one attached hydrogen (secondary N) is 1. The Balaban J connectivity index is 1.87. The summed E-state index contributed by atoms with van der Waals surface area (Å²) in [6, 6.07) is 9.41. The maximum atomic E-state index is 11.9. The Hall–Kier alpha value is -2.10. The fourth-order valence-corrected chi connectivity index (χ4v) is 1.76. The number of carbonyl (C=O) groups is 1. The summed E-state index contributed by atoms with van der Waals surface area (Å²) in [4.78, 5) is 11.9. The summed E-state index contributed by atoms with van der Waals surface area (Å²) in [5, 5.41) is 6.75. The molecule has 0 atom stereocenters. The highest BCUT2D eigenvalue weighted by molar-refractivity contribution is 5.95. The topological polar surface area (TPSA) is 55.1 Å². The minimum absolute atomic E-state index is 0.0479. The molecule has 0 bridgehead atoms. The molecule has 0 saturated carbocycles. The van der Waals surface area contributed by atoms with Crippen LogP contribution in [0, 0.1) is 13.8 Å². The van der Waals surface area contributed by atoms with Gasteiger partial charge >= 0.3 is 0 Å². The standard InChI is InChI=1S/C14H16N2O2/c1-10-5-3-4-6-13(10)14(17)15-8-7-12-9-11(2)18-16-12/h3-6,9H,7-8H2,1-2H3,(H,15,17). The molecule has 0 aliphatic carbocycles. The number of aromatic nitrogens is 1. The van der Waals surface area contributed by atoms with E-state index in [2.05, 4.69) is 10.5 Å². The molecule has 0 saturated heterocycles. The van der Waals surface area contributed by atoms with E-state index in [1.165, 1.54) is 0 Å². The highest BCUT2D eigenvalue weighted by Crippen LogP contribution is 2.06. The first-order valence-electron chi connectivity index (χ1n) is 5.93. The molecule has 1 aromatic heterocycles. The van der Waals surface area contributed by atoms with Crippen LogP contribution in [-0.4, -0.2) is 17.6 Å². The maximum absolute atomic E-state index is 11.9. The van der Waals surface area contributed by atoms with E-state index in [9.17, 15) is 4.79 Å². The van der Waals surface area contributed by atoms with Gasteiger partial charge in [0.25, 0.3) is 5.91 Å². The van der Waals surface area contributed by atoms with E-state index >= 15 is 0 Å². The van der Waals surface area contributed by atoms with Crippen LogP contribution in [0.4, 0.5) is 0 Å². The van der Waals surface area contributed by atoms with Crippen molar-refractivity contribution in [3.05, 3.63) is 52.9 Å². The molecule has 0 unspecified atom stereocenters. The summed E-state index contributed by atoms with van der Waals surface area (Å²) >= 11 is 0. The van der Waals surface area contributed by atoms with Crippen LogP contribution in [-0.2, 0) is 6.42 Å². The average molecular weight is 244 g/mol. The van der Waals surface area contributed by atoms with Crippen molar-refractivity contribution in [2.45, 2.75) is 20.3 Å². The fraction of sp³-hybridized carbons (Fsp3) is 0.286. The Morgan fingerprint density at radius 3 is 2.78 bits per heavy atom. The normalized spacial score (nSPS) is 10.3. The molecule has 1 heterocycles. The van der Waals surface area contributed by atoms with Crippen molar-refractivity contribution in [1.29, 1.82) is 0 Å². The van der Waals surface area contributed by atoms with Crippen molar-refractivity contribution >= 4 is 5.91 Å². The number of rotatable bonds is 4. The van der Waals surface area contributed by atoms with Crippen LogP contribution < -0.4 is 5.32 Å². The van der Waals surface area contributed by atoms with Crippen molar-refractivity contribution in [2.24, 2.45) is 0 Å². The Kier molecular flexibility index (Phi) is 3.77. The fourth-order valence-electron chi connectivity index (χ4n) is 1.76. The van der Waals surface area contributed by atoms with Gasteiger partial charge in [-0.25, -0.2) is 0 Å². The molecule has 2 rings (SSSR count). The monoisotopic (exact) mass is 244 g/mol. The molecule has 94 valence electrons. The van der Waals surface area contributed by atoms with Gasteiger partial charge in [0.05, 0.1) is 5.69 Å². The van der Waals surface area contributed by atoms with Gasteiger partial charge < -0.3 is 9.84 Å². The molecule has 0 aliphatic heterocycles. The second kappa shape index (κ2) is 5.49. The van der Waals surface area contributed by atoms with Crippen LogP contribution in [0.25, 0.3) is 0 Å². The summed E-state index contributed by atoms with van der Waals surface area (Å²) in [6.07, 6.45) is 0.676. The molecule has 0 aliphatic rings. The largest absolute Gasteiger partial charge is 0.361 e. The number of amides is 1. The highest BCUT2D eigenvalue weighted by atomic mass is 16.5. The zero-order chi connectivity index (χ0) is 13.0. The predicted octanol–water partition coefficient (Wildman–Crippen LogP) is 2.26. The van der Waals surface area contributed by atoms with Crippen LogP contribution in [0.1, 0.15) is 27.4 Å². The van der Waals surface area contributed by atoms with Gasteiger partial charge in [0.2, 0.25) is 0 Å². The molecule has 2 aromatic rings. The lowest BCUT2D eigenvalue weighted by Gasteiger charge is -2.06. The van der Waals surface area contributed by atoms with Gasteiger partial charge in [-0.2, -0.15) is 0 Å². The molecular weight excluding hydrogens is 228 g/mol. The van der Waals surface area contributed by atoms with Crippen LogP contribution >= 0.6 is 0 Å². The number of hydrogen-bond acceptors (Lipinski definition) is 3. The van der Waals surface area contributed by atoms with E-state index in [4.69, 9.17) is 4.52 Å². The second-order valence-corrected chi connectivity index (χ2v) is 4.25. The van der Waals surface area contributed by atoms with Crippen LogP contribution in [0.15, 0.2) is 34.9 Å². The van der Waals surface area contributed by atoms with Crippen molar-refractivity contribution < 1.29 is 9.32 Å². The van der Waals surface area contributed by atoms with Gasteiger partial charge in [0.15, 0.2) is 0 Å². The zero-order valence-electron chi connectivity index (χ0n) is 10.6. The van der Waals surface area contributed by atoms with Gasteiger partial charge in [-0.1, -0.05) is 23.4 Å². The molecule has 1 amide bonds. The maximum Gasteiger partial charge on any atom is 0.251 e. The molecule has 0 radical (unpaired) electrons. The first kappa shape index (κ1) is 12.4. The highest BCUT2D eigenvalue weighted by Gasteiger charge is 2.07. The Bertz CT molecular complexity index is 546. The van der Waals surface area contributed by atoms with Crippen molar-refractivity contribution in [3.8, 4) is 0 Å². The summed E-state index contributed by atoms with van der Waals surface area (Å²) in [6.45, 7) is 4.33. The lowest BCUT2D eigenvalue weighted by atomic mass is 10.1. The molecule has 1 N–H and O–H groups in total. The molecule has 0 spiro atoms. The van der Waals surface area contributed by atoms with Crippen molar-refractivity contribution in [3.63, 3.8) is 0 Å². The van der Waals surface area contributed by atoms with E-state index in [1.54, 1.807) is 0 Å². The number of hydrogen-bond donors (Lipinski definition) is 1. The van der Waals surface area contributed by atoms with Gasteiger partial charge in [-0.15, -0.1) is 0 Å². The number of aryl methyl sites for hydroxylation is 2. The van der Waals surface area contributed by atoms with Crippen molar-refractivity contribution in [1.82, 2.24) is 10.5 Å². The molecule has 4 heteroatoms. The first-order chi connectivity index (χ1) is 8.66. The predicted molar refractivity (Wildman–Crippen MR) is 68.5 cm³/mol. The number of nitrogens with zero attached hydrogens (tertiary/aromatic N) is 1. The quantitative estimate of drug-likeness (QED) is 0.897. The lowest BCUT2D eigenvalue weighted by Crippen LogP contribution is -2.26. The summed E-state index contributed by atoms with van der Waals surface area (Å²) in [5.41, 5.74) is 2.55. The molecule has 18 heavy (non-hydrogen) atoms.